The second-order valence-electron chi connectivity index (χ2n) is 5.77. The molecule has 2 rings (SSSR count). The molecule has 0 aliphatic rings. The first-order chi connectivity index (χ1) is 12.0. The van der Waals surface area contributed by atoms with Crippen LogP contribution in [0.15, 0.2) is 28.2 Å². The molecule has 1 aromatic carbocycles. The summed E-state index contributed by atoms with van der Waals surface area (Å²) < 4.78 is 6.86. The largest absolute Gasteiger partial charge is 0.495 e. The number of nitrogens with one attached hydrogen (secondary N) is 2. The Morgan fingerprint density at radius 1 is 1.48 bits per heavy atom. The SMILES string of the molecule is CCCCn1c(S[C@H](C)C(=O)Nc2cc(C)ccc2OC)n[nH]c1=O. The number of ether oxygens (including phenoxy) is 1. The number of hydrogen-bond donors (Lipinski definition) is 2. The van der Waals surface area contributed by atoms with Gasteiger partial charge in [-0.15, -0.1) is 5.10 Å². The third kappa shape index (κ3) is 4.88. The van der Waals surface area contributed by atoms with Crippen molar-refractivity contribution in [3.63, 3.8) is 0 Å². The Morgan fingerprint density at radius 3 is 2.92 bits per heavy atom. The number of carbonyl (C=O) groups is 1. The molecule has 0 aliphatic heterocycles. The Kier molecular flexibility index (Phi) is 6.69. The average Bonchev–Trinajstić information content (AvgIpc) is 2.93. The third-order valence-corrected chi connectivity index (χ3v) is 4.81. The van der Waals surface area contributed by atoms with E-state index in [0.29, 0.717) is 23.1 Å². The van der Waals surface area contributed by atoms with Crippen molar-refractivity contribution in [2.75, 3.05) is 12.4 Å². The number of aromatic amines is 1. The standard InChI is InChI=1S/C17H24N4O3S/c1-5-6-9-21-16(23)19-20-17(21)25-12(3)15(22)18-13-10-11(2)7-8-14(13)24-4/h7-8,10,12H,5-6,9H2,1-4H3,(H,18,22)(H,19,23)/t12-/m1/s1. The highest BCUT2D eigenvalue weighted by molar-refractivity contribution is 8.00. The molecule has 0 saturated carbocycles. The van der Waals surface area contributed by atoms with Gasteiger partial charge in [0, 0.05) is 6.54 Å². The predicted octanol–water partition coefficient (Wildman–Crippen LogP) is 2.81. The van der Waals surface area contributed by atoms with E-state index in [0.717, 1.165) is 18.4 Å². The summed E-state index contributed by atoms with van der Waals surface area (Å²) in [5, 5.41) is 9.47. The summed E-state index contributed by atoms with van der Waals surface area (Å²) in [4.78, 5) is 24.3. The van der Waals surface area contributed by atoms with Gasteiger partial charge in [-0.25, -0.2) is 9.89 Å². The smallest absolute Gasteiger partial charge is 0.343 e. The number of nitrogens with zero attached hydrogens (tertiary/aromatic N) is 2. The third-order valence-electron chi connectivity index (χ3n) is 3.72. The minimum absolute atomic E-state index is 0.175. The molecule has 8 heteroatoms. The quantitative estimate of drug-likeness (QED) is 0.703. The minimum atomic E-state index is -0.416. The molecule has 1 aromatic heterocycles. The molecule has 1 atom stereocenters. The van der Waals surface area contributed by atoms with E-state index in [9.17, 15) is 9.59 Å². The van der Waals surface area contributed by atoms with Crippen LogP contribution in [0.4, 0.5) is 5.69 Å². The lowest BCUT2D eigenvalue weighted by atomic mass is 10.2. The summed E-state index contributed by atoms with van der Waals surface area (Å²) in [6.45, 7) is 6.38. The van der Waals surface area contributed by atoms with Gasteiger partial charge in [-0.2, -0.15) is 0 Å². The Labute approximate surface area is 151 Å². The van der Waals surface area contributed by atoms with Gasteiger partial charge in [-0.05, 0) is 38.0 Å². The number of rotatable bonds is 8. The number of carbonyl (C=O) groups excluding carboxylic acids is 1. The molecule has 1 amide bonds. The fourth-order valence-electron chi connectivity index (χ4n) is 2.27. The number of thioether (sulfide) groups is 1. The fourth-order valence-corrected chi connectivity index (χ4v) is 3.15. The molecule has 136 valence electrons. The van der Waals surface area contributed by atoms with Crippen LogP contribution in [0.1, 0.15) is 32.3 Å². The first kappa shape index (κ1) is 19.1. The van der Waals surface area contributed by atoms with Crippen LogP contribution in [0.5, 0.6) is 5.75 Å². The number of aryl methyl sites for hydroxylation is 1. The minimum Gasteiger partial charge on any atom is -0.495 e. The van der Waals surface area contributed by atoms with E-state index in [1.807, 2.05) is 25.1 Å². The number of anilines is 1. The fraction of sp³-hybridized carbons (Fsp3) is 0.471. The lowest BCUT2D eigenvalue weighted by Crippen LogP contribution is -2.24. The number of amides is 1. The monoisotopic (exact) mass is 364 g/mol. The van der Waals surface area contributed by atoms with E-state index in [-0.39, 0.29) is 11.6 Å². The number of methoxy groups -OCH3 is 1. The molecule has 1 heterocycles. The summed E-state index contributed by atoms with van der Waals surface area (Å²) in [7, 11) is 1.56. The van der Waals surface area contributed by atoms with Crippen LogP contribution in [0.3, 0.4) is 0 Å². The number of unbranched alkanes of at least 4 members (excludes halogenated alkanes) is 1. The Morgan fingerprint density at radius 2 is 2.24 bits per heavy atom. The lowest BCUT2D eigenvalue weighted by Gasteiger charge is -2.14. The molecule has 0 unspecified atom stereocenters. The molecular weight excluding hydrogens is 340 g/mol. The van der Waals surface area contributed by atoms with E-state index in [4.69, 9.17) is 4.74 Å². The summed E-state index contributed by atoms with van der Waals surface area (Å²) in [5.74, 6) is 0.433. The molecule has 2 N–H and O–H groups in total. The van der Waals surface area contributed by atoms with Crippen molar-refractivity contribution in [2.24, 2.45) is 0 Å². The summed E-state index contributed by atoms with van der Waals surface area (Å²) >= 11 is 1.25. The van der Waals surface area contributed by atoms with E-state index in [1.54, 1.807) is 18.6 Å². The molecule has 0 saturated heterocycles. The summed E-state index contributed by atoms with van der Waals surface area (Å²) in [6.07, 6.45) is 1.86. The van der Waals surface area contributed by atoms with Crippen LogP contribution in [0.2, 0.25) is 0 Å². The van der Waals surface area contributed by atoms with Gasteiger partial charge in [0.25, 0.3) is 0 Å². The van der Waals surface area contributed by atoms with Crippen molar-refractivity contribution in [2.45, 2.75) is 50.6 Å². The van der Waals surface area contributed by atoms with Crippen molar-refractivity contribution >= 4 is 23.4 Å². The van der Waals surface area contributed by atoms with Gasteiger partial charge >= 0.3 is 5.69 Å². The van der Waals surface area contributed by atoms with Crippen molar-refractivity contribution in [1.29, 1.82) is 0 Å². The second kappa shape index (κ2) is 8.75. The van der Waals surface area contributed by atoms with Crippen molar-refractivity contribution in [3.05, 3.63) is 34.2 Å². The average molecular weight is 364 g/mol. The molecule has 0 spiro atoms. The molecule has 0 aliphatic carbocycles. The van der Waals surface area contributed by atoms with Crippen molar-refractivity contribution in [3.8, 4) is 5.75 Å². The van der Waals surface area contributed by atoms with Crippen LogP contribution in [-0.4, -0.2) is 33.0 Å². The Hall–Kier alpha value is -2.22. The first-order valence-corrected chi connectivity index (χ1v) is 9.11. The zero-order valence-corrected chi connectivity index (χ0v) is 15.8. The van der Waals surface area contributed by atoms with Gasteiger partial charge in [-0.3, -0.25) is 9.36 Å². The Bertz CT molecular complexity index is 784. The van der Waals surface area contributed by atoms with Gasteiger partial charge in [0.05, 0.1) is 18.0 Å². The maximum atomic E-state index is 12.5. The highest BCUT2D eigenvalue weighted by Gasteiger charge is 2.20. The second-order valence-corrected chi connectivity index (χ2v) is 7.08. The molecule has 0 fully saturated rings. The van der Waals surface area contributed by atoms with E-state index < -0.39 is 5.25 Å². The number of benzene rings is 1. The van der Waals surface area contributed by atoms with Crippen LogP contribution in [0, 0.1) is 6.92 Å². The molecular formula is C17H24N4O3S. The van der Waals surface area contributed by atoms with Crippen LogP contribution < -0.4 is 15.7 Å². The van der Waals surface area contributed by atoms with E-state index in [2.05, 4.69) is 22.4 Å². The zero-order chi connectivity index (χ0) is 18.4. The molecule has 25 heavy (non-hydrogen) atoms. The van der Waals surface area contributed by atoms with Gasteiger partial charge in [0.2, 0.25) is 5.91 Å². The Balaban J connectivity index is 2.09. The number of aromatic nitrogens is 3. The maximum Gasteiger partial charge on any atom is 0.343 e. The van der Waals surface area contributed by atoms with E-state index in [1.165, 1.54) is 11.8 Å². The maximum absolute atomic E-state index is 12.5. The first-order valence-electron chi connectivity index (χ1n) is 8.23. The van der Waals surface area contributed by atoms with Crippen molar-refractivity contribution in [1.82, 2.24) is 14.8 Å². The van der Waals surface area contributed by atoms with Crippen molar-refractivity contribution < 1.29 is 9.53 Å². The van der Waals surface area contributed by atoms with Gasteiger partial charge in [-0.1, -0.05) is 31.2 Å². The molecule has 7 nitrogen and oxygen atoms in total. The highest BCUT2D eigenvalue weighted by atomic mass is 32.2. The highest BCUT2D eigenvalue weighted by Crippen LogP contribution is 2.27. The topological polar surface area (TPSA) is 89.0 Å². The van der Waals surface area contributed by atoms with Crippen LogP contribution in [0.25, 0.3) is 0 Å². The predicted molar refractivity (Wildman–Crippen MR) is 99.4 cm³/mol. The number of H-pyrrole nitrogens is 1. The van der Waals surface area contributed by atoms with Crippen LogP contribution in [-0.2, 0) is 11.3 Å². The normalized spacial score (nSPS) is 12.0. The van der Waals surface area contributed by atoms with Gasteiger partial charge in [0.15, 0.2) is 5.16 Å². The summed E-state index contributed by atoms with van der Waals surface area (Å²) in [5.41, 5.74) is 1.41. The van der Waals surface area contributed by atoms with Gasteiger partial charge in [0.1, 0.15) is 5.75 Å². The summed E-state index contributed by atoms with van der Waals surface area (Å²) in [6, 6.07) is 5.60. The van der Waals surface area contributed by atoms with Gasteiger partial charge < -0.3 is 10.1 Å². The van der Waals surface area contributed by atoms with Crippen LogP contribution >= 0.6 is 11.8 Å². The lowest BCUT2D eigenvalue weighted by molar-refractivity contribution is -0.115. The number of hydrogen-bond acceptors (Lipinski definition) is 5. The molecule has 0 bridgehead atoms. The molecule has 0 radical (unpaired) electrons. The zero-order valence-electron chi connectivity index (χ0n) is 15.0. The molecule has 2 aromatic rings. The van der Waals surface area contributed by atoms with E-state index >= 15 is 0 Å².